The fraction of sp³-hybridized carbons (Fsp3) is 0.0526. The Morgan fingerprint density at radius 1 is 0.591 bits per heavy atom. The quantitative estimate of drug-likeness (QED) is 0.532. The summed E-state index contributed by atoms with van der Waals surface area (Å²) >= 11 is 0. The molecule has 4 rings (SSSR count). The monoisotopic (exact) mass is 306 g/mol. The van der Waals surface area contributed by atoms with Gasteiger partial charge in [0.15, 0.2) is 0 Å². The van der Waals surface area contributed by atoms with Crippen LogP contribution in [0, 0.1) is 0 Å². The van der Waals surface area contributed by atoms with E-state index in [-0.39, 0.29) is 5.92 Å². The summed E-state index contributed by atoms with van der Waals surface area (Å²) in [6.07, 6.45) is 0. The molecule has 0 atom stereocenters. The minimum Gasteiger partial charge on any atom is -0.218 e. The molecule has 0 fully saturated rings. The lowest BCUT2D eigenvalue weighted by atomic mass is 9.85. The fourth-order valence-corrected chi connectivity index (χ4v) is 4.96. The average Bonchev–Trinajstić information content (AvgIpc) is 2.56. The van der Waals surface area contributed by atoms with Gasteiger partial charge < -0.3 is 0 Å². The van der Waals surface area contributed by atoms with Gasteiger partial charge in [-0.05, 0) is 28.8 Å². The molecule has 3 aromatic carbocycles. The van der Waals surface area contributed by atoms with Crippen LogP contribution in [-0.4, -0.2) is 8.42 Å². The molecule has 0 radical (unpaired) electrons. The minimum absolute atomic E-state index is 0.0443. The third-order valence-electron chi connectivity index (χ3n) is 4.17. The van der Waals surface area contributed by atoms with E-state index in [4.69, 9.17) is 0 Å². The molecule has 0 unspecified atom stereocenters. The molecule has 3 aromatic rings. The number of sulfone groups is 1. The number of benzene rings is 3. The zero-order chi connectivity index (χ0) is 15.2. The molecule has 0 N–H and O–H groups in total. The van der Waals surface area contributed by atoms with Crippen LogP contribution >= 0.6 is 0 Å². The van der Waals surface area contributed by atoms with E-state index in [0.29, 0.717) is 9.79 Å². The maximum Gasteiger partial charge on any atom is 0.207 e. The van der Waals surface area contributed by atoms with Crippen LogP contribution in [0.1, 0.15) is 22.6 Å². The van der Waals surface area contributed by atoms with Crippen molar-refractivity contribution >= 4 is 9.84 Å². The lowest BCUT2D eigenvalue weighted by Crippen LogP contribution is -2.19. The zero-order valence-corrected chi connectivity index (χ0v) is 12.6. The molecule has 22 heavy (non-hydrogen) atoms. The number of hydrogen-bond acceptors (Lipinski definition) is 2. The highest BCUT2D eigenvalue weighted by Gasteiger charge is 2.35. The lowest BCUT2D eigenvalue weighted by molar-refractivity contribution is 0.589. The summed E-state index contributed by atoms with van der Waals surface area (Å²) in [5.41, 5.74) is 2.82. The molecule has 3 heteroatoms. The predicted octanol–water partition coefficient (Wildman–Crippen LogP) is 4.01. The van der Waals surface area contributed by atoms with Crippen molar-refractivity contribution in [3.63, 3.8) is 0 Å². The van der Waals surface area contributed by atoms with Gasteiger partial charge in [-0.15, -0.1) is 0 Å². The van der Waals surface area contributed by atoms with Gasteiger partial charge in [0.1, 0.15) is 0 Å². The largest absolute Gasteiger partial charge is 0.218 e. The summed E-state index contributed by atoms with van der Waals surface area (Å²) in [5.74, 6) is -0.0443. The SMILES string of the molecule is O=S1(=O)c2ccccc2C(c2ccccc2)c2ccccc21. The highest BCUT2D eigenvalue weighted by Crippen LogP contribution is 2.44. The molecule has 0 amide bonds. The standard InChI is InChI=1S/C19H14O2S/c20-22(21)17-12-6-4-10-15(17)19(14-8-2-1-3-9-14)16-11-5-7-13-18(16)22/h1-13,19H. The van der Waals surface area contributed by atoms with Crippen molar-refractivity contribution in [3.05, 3.63) is 95.6 Å². The van der Waals surface area contributed by atoms with Crippen molar-refractivity contribution < 1.29 is 8.42 Å². The van der Waals surface area contributed by atoms with Gasteiger partial charge in [-0.3, -0.25) is 0 Å². The van der Waals surface area contributed by atoms with E-state index in [0.717, 1.165) is 16.7 Å². The summed E-state index contributed by atoms with van der Waals surface area (Å²) < 4.78 is 25.7. The van der Waals surface area contributed by atoms with Crippen molar-refractivity contribution in [2.75, 3.05) is 0 Å². The first-order valence-corrected chi connectivity index (χ1v) is 8.66. The molecule has 0 saturated carbocycles. The summed E-state index contributed by atoms with van der Waals surface area (Å²) in [5, 5.41) is 0. The van der Waals surface area contributed by atoms with E-state index < -0.39 is 9.84 Å². The van der Waals surface area contributed by atoms with Gasteiger partial charge in [-0.25, -0.2) is 8.42 Å². The average molecular weight is 306 g/mol. The van der Waals surface area contributed by atoms with Crippen LogP contribution in [0.3, 0.4) is 0 Å². The van der Waals surface area contributed by atoms with Crippen molar-refractivity contribution in [2.45, 2.75) is 15.7 Å². The third-order valence-corrected chi connectivity index (χ3v) is 6.07. The van der Waals surface area contributed by atoms with E-state index in [1.54, 1.807) is 24.3 Å². The molecular formula is C19H14O2S. The van der Waals surface area contributed by atoms with Crippen molar-refractivity contribution in [1.82, 2.24) is 0 Å². The Balaban J connectivity index is 2.10. The van der Waals surface area contributed by atoms with E-state index in [1.165, 1.54) is 0 Å². The van der Waals surface area contributed by atoms with Gasteiger partial charge in [-0.2, -0.15) is 0 Å². The molecule has 0 spiro atoms. The van der Waals surface area contributed by atoms with E-state index >= 15 is 0 Å². The fourth-order valence-electron chi connectivity index (χ4n) is 3.22. The Bertz CT molecular complexity index is 890. The van der Waals surface area contributed by atoms with E-state index in [9.17, 15) is 8.42 Å². The summed E-state index contributed by atoms with van der Waals surface area (Å²) in [6, 6.07) is 24.7. The van der Waals surface area contributed by atoms with Crippen molar-refractivity contribution in [3.8, 4) is 0 Å². The van der Waals surface area contributed by atoms with Gasteiger partial charge in [0.2, 0.25) is 9.84 Å². The van der Waals surface area contributed by atoms with Crippen LogP contribution in [0.25, 0.3) is 0 Å². The normalized spacial score (nSPS) is 15.8. The maximum absolute atomic E-state index is 12.9. The molecule has 1 heterocycles. The molecule has 2 nitrogen and oxygen atoms in total. The van der Waals surface area contributed by atoms with Gasteiger partial charge >= 0.3 is 0 Å². The number of fused-ring (bicyclic) bond motifs is 2. The first kappa shape index (κ1) is 13.3. The number of rotatable bonds is 1. The molecule has 0 aliphatic carbocycles. The van der Waals surface area contributed by atoms with Gasteiger partial charge in [0, 0.05) is 5.92 Å². The highest BCUT2D eigenvalue weighted by molar-refractivity contribution is 7.91. The van der Waals surface area contributed by atoms with Gasteiger partial charge in [0.25, 0.3) is 0 Å². The second-order valence-corrected chi connectivity index (χ2v) is 7.31. The van der Waals surface area contributed by atoms with Crippen molar-refractivity contribution in [2.24, 2.45) is 0 Å². The first-order chi connectivity index (χ1) is 10.7. The van der Waals surface area contributed by atoms with E-state index in [2.05, 4.69) is 12.1 Å². The molecule has 0 saturated heterocycles. The molecule has 108 valence electrons. The van der Waals surface area contributed by atoms with E-state index in [1.807, 2.05) is 42.5 Å². The minimum atomic E-state index is -3.44. The Morgan fingerprint density at radius 2 is 1.05 bits per heavy atom. The van der Waals surface area contributed by atoms with Crippen LogP contribution in [0.15, 0.2) is 88.7 Å². The van der Waals surface area contributed by atoms with Crippen LogP contribution in [0.4, 0.5) is 0 Å². The molecule has 1 aliphatic heterocycles. The Hall–Kier alpha value is -2.39. The van der Waals surface area contributed by atoms with Gasteiger partial charge in [0.05, 0.1) is 9.79 Å². The van der Waals surface area contributed by atoms with Crippen LogP contribution in [0.5, 0.6) is 0 Å². The lowest BCUT2D eigenvalue weighted by Gasteiger charge is -2.28. The zero-order valence-electron chi connectivity index (χ0n) is 11.8. The molecule has 0 bridgehead atoms. The van der Waals surface area contributed by atoms with Crippen LogP contribution < -0.4 is 0 Å². The smallest absolute Gasteiger partial charge is 0.207 e. The Labute approximate surface area is 130 Å². The van der Waals surface area contributed by atoms with Crippen molar-refractivity contribution in [1.29, 1.82) is 0 Å². The Kier molecular flexibility index (Phi) is 2.91. The predicted molar refractivity (Wildman–Crippen MR) is 85.7 cm³/mol. The molecular weight excluding hydrogens is 292 g/mol. The maximum atomic E-state index is 12.9. The second-order valence-electron chi connectivity index (χ2n) is 5.42. The second kappa shape index (κ2) is 4.82. The third kappa shape index (κ3) is 1.82. The summed E-state index contributed by atoms with van der Waals surface area (Å²) in [7, 11) is -3.44. The molecule has 0 aromatic heterocycles. The number of hydrogen-bond donors (Lipinski definition) is 0. The molecule has 1 aliphatic rings. The van der Waals surface area contributed by atoms with Crippen LogP contribution in [-0.2, 0) is 9.84 Å². The Morgan fingerprint density at radius 3 is 1.59 bits per heavy atom. The highest BCUT2D eigenvalue weighted by atomic mass is 32.2. The summed E-state index contributed by atoms with van der Waals surface area (Å²) in [4.78, 5) is 0.838. The topological polar surface area (TPSA) is 34.1 Å². The summed E-state index contributed by atoms with van der Waals surface area (Å²) in [6.45, 7) is 0. The van der Waals surface area contributed by atoms with Crippen LogP contribution in [0.2, 0.25) is 0 Å². The van der Waals surface area contributed by atoms with Gasteiger partial charge in [-0.1, -0.05) is 66.7 Å². The first-order valence-electron chi connectivity index (χ1n) is 7.17.